The summed E-state index contributed by atoms with van der Waals surface area (Å²) in [4.78, 5) is 8.57. The van der Waals surface area contributed by atoms with Crippen LogP contribution in [0.1, 0.15) is 38.5 Å². The van der Waals surface area contributed by atoms with Gasteiger partial charge in [-0.15, -0.1) is 0 Å². The van der Waals surface area contributed by atoms with Gasteiger partial charge in [0.05, 0.1) is 6.20 Å². The fourth-order valence-electron chi connectivity index (χ4n) is 1.74. The van der Waals surface area contributed by atoms with Crippen LogP contribution in [0.15, 0.2) is 35.0 Å². The molecule has 0 saturated heterocycles. The van der Waals surface area contributed by atoms with Gasteiger partial charge >= 0.3 is 0 Å². The molecular formula is C13H16N2O. The molecule has 16 heavy (non-hydrogen) atoms. The lowest BCUT2D eigenvalue weighted by atomic mass is 10.0. The molecule has 84 valence electrons. The van der Waals surface area contributed by atoms with Crippen LogP contribution < -0.4 is 0 Å². The van der Waals surface area contributed by atoms with Gasteiger partial charge in [-0.3, -0.25) is 4.98 Å². The van der Waals surface area contributed by atoms with Gasteiger partial charge in [0.15, 0.2) is 11.7 Å². The molecule has 2 aromatic rings. The van der Waals surface area contributed by atoms with Crippen molar-refractivity contribution in [3.05, 3.63) is 36.5 Å². The van der Waals surface area contributed by atoms with Gasteiger partial charge in [-0.25, -0.2) is 4.98 Å². The Morgan fingerprint density at radius 2 is 2.00 bits per heavy atom. The fourth-order valence-corrected chi connectivity index (χ4v) is 1.74. The lowest BCUT2D eigenvalue weighted by Crippen LogP contribution is -1.94. The minimum absolute atomic E-state index is 0.414. The van der Waals surface area contributed by atoms with Crippen molar-refractivity contribution >= 4 is 0 Å². The molecular weight excluding hydrogens is 200 g/mol. The van der Waals surface area contributed by atoms with E-state index < -0.39 is 0 Å². The zero-order valence-corrected chi connectivity index (χ0v) is 9.68. The second-order valence-electron chi connectivity index (χ2n) is 3.79. The summed E-state index contributed by atoms with van der Waals surface area (Å²) in [6, 6.07) is 5.76. The number of nitrogens with zero attached hydrogens (tertiary/aromatic N) is 2. The number of oxazole rings is 1. The van der Waals surface area contributed by atoms with Crippen LogP contribution in [0.3, 0.4) is 0 Å². The summed E-state index contributed by atoms with van der Waals surface area (Å²) in [5.74, 6) is 1.99. The van der Waals surface area contributed by atoms with Crippen molar-refractivity contribution in [2.45, 2.75) is 32.6 Å². The third-order valence-electron chi connectivity index (χ3n) is 2.78. The first-order valence-corrected chi connectivity index (χ1v) is 5.72. The van der Waals surface area contributed by atoms with Crippen LogP contribution in [0.2, 0.25) is 0 Å². The maximum Gasteiger partial charge on any atom is 0.198 e. The SMILES string of the molecule is CCC(CC)c1ncc(-c2ccccn2)o1. The normalized spacial score (nSPS) is 10.9. The minimum atomic E-state index is 0.414. The number of pyridine rings is 1. The van der Waals surface area contributed by atoms with Crippen molar-refractivity contribution in [3.63, 3.8) is 0 Å². The Balaban J connectivity index is 2.26. The smallest absolute Gasteiger partial charge is 0.198 e. The van der Waals surface area contributed by atoms with Gasteiger partial charge < -0.3 is 4.42 Å². The quantitative estimate of drug-likeness (QED) is 0.783. The van der Waals surface area contributed by atoms with Crippen LogP contribution in [0.5, 0.6) is 0 Å². The van der Waals surface area contributed by atoms with Crippen LogP contribution >= 0.6 is 0 Å². The predicted octanol–water partition coefficient (Wildman–Crippen LogP) is 3.64. The average Bonchev–Trinajstić information content (AvgIpc) is 2.81. The van der Waals surface area contributed by atoms with Crippen LogP contribution in [-0.4, -0.2) is 9.97 Å². The van der Waals surface area contributed by atoms with Crippen LogP contribution in [-0.2, 0) is 0 Å². The first kappa shape index (κ1) is 10.9. The molecule has 2 aromatic heterocycles. The highest BCUT2D eigenvalue weighted by Crippen LogP contribution is 2.26. The molecule has 0 aliphatic rings. The minimum Gasteiger partial charge on any atom is -0.439 e. The van der Waals surface area contributed by atoms with Crippen molar-refractivity contribution in [1.29, 1.82) is 0 Å². The van der Waals surface area contributed by atoms with Crippen LogP contribution in [0, 0.1) is 0 Å². The highest BCUT2D eigenvalue weighted by Gasteiger charge is 2.14. The summed E-state index contributed by atoms with van der Waals surface area (Å²) in [7, 11) is 0. The Morgan fingerprint density at radius 1 is 1.19 bits per heavy atom. The maximum absolute atomic E-state index is 5.74. The Kier molecular flexibility index (Phi) is 3.34. The van der Waals surface area contributed by atoms with Gasteiger partial charge in [-0.05, 0) is 25.0 Å². The molecule has 3 nitrogen and oxygen atoms in total. The van der Waals surface area contributed by atoms with Crippen molar-refractivity contribution in [2.24, 2.45) is 0 Å². The summed E-state index contributed by atoms with van der Waals surface area (Å²) in [6.07, 6.45) is 5.63. The first-order valence-electron chi connectivity index (χ1n) is 5.72. The molecule has 0 radical (unpaired) electrons. The summed E-state index contributed by atoms with van der Waals surface area (Å²) < 4.78 is 5.74. The molecule has 0 aromatic carbocycles. The number of hydrogen-bond donors (Lipinski definition) is 0. The van der Waals surface area contributed by atoms with Crippen molar-refractivity contribution in [1.82, 2.24) is 9.97 Å². The van der Waals surface area contributed by atoms with Gasteiger partial charge in [-0.2, -0.15) is 0 Å². The van der Waals surface area contributed by atoms with Crippen LogP contribution in [0.4, 0.5) is 0 Å². The van der Waals surface area contributed by atoms with E-state index in [9.17, 15) is 0 Å². The molecule has 2 rings (SSSR count). The molecule has 0 spiro atoms. The second-order valence-corrected chi connectivity index (χ2v) is 3.79. The standard InChI is InChI=1S/C13H16N2O/c1-3-10(4-2)13-15-9-12(16-13)11-7-5-6-8-14-11/h5-10H,3-4H2,1-2H3. The summed E-state index contributed by atoms with van der Waals surface area (Å²) in [5.41, 5.74) is 0.840. The van der Waals surface area contributed by atoms with Crippen LogP contribution in [0.25, 0.3) is 11.5 Å². The van der Waals surface area contributed by atoms with Crippen molar-refractivity contribution < 1.29 is 4.42 Å². The predicted molar refractivity (Wildman–Crippen MR) is 63.1 cm³/mol. The maximum atomic E-state index is 5.74. The zero-order valence-electron chi connectivity index (χ0n) is 9.68. The molecule has 0 aliphatic heterocycles. The van der Waals surface area contributed by atoms with E-state index in [0.29, 0.717) is 5.92 Å². The van der Waals surface area contributed by atoms with Gasteiger partial charge in [0.25, 0.3) is 0 Å². The molecule has 0 saturated carbocycles. The van der Waals surface area contributed by atoms with E-state index in [1.165, 1.54) is 0 Å². The Morgan fingerprint density at radius 3 is 2.62 bits per heavy atom. The lowest BCUT2D eigenvalue weighted by Gasteiger charge is -2.05. The van der Waals surface area contributed by atoms with E-state index in [1.54, 1.807) is 12.4 Å². The van der Waals surface area contributed by atoms with Crippen molar-refractivity contribution in [2.75, 3.05) is 0 Å². The van der Waals surface area contributed by atoms with E-state index in [0.717, 1.165) is 30.2 Å². The molecule has 3 heteroatoms. The fraction of sp³-hybridized carbons (Fsp3) is 0.385. The zero-order chi connectivity index (χ0) is 11.4. The molecule has 0 bridgehead atoms. The average molecular weight is 216 g/mol. The molecule has 0 aliphatic carbocycles. The summed E-state index contributed by atoms with van der Waals surface area (Å²) in [6.45, 7) is 4.30. The van der Waals surface area contributed by atoms with E-state index in [1.807, 2.05) is 18.2 Å². The van der Waals surface area contributed by atoms with Gasteiger partial charge in [0.2, 0.25) is 0 Å². The van der Waals surface area contributed by atoms with Gasteiger partial charge in [0, 0.05) is 12.1 Å². The van der Waals surface area contributed by atoms with E-state index in [2.05, 4.69) is 23.8 Å². The third kappa shape index (κ3) is 2.13. The summed E-state index contributed by atoms with van der Waals surface area (Å²) >= 11 is 0. The first-order chi connectivity index (χ1) is 7.85. The van der Waals surface area contributed by atoms with Gasteiger partial charge in [0.1, 0.15) is 5.69 Å². The number of rotatable bonds is 4. The largest absolute Gasteiger partial charge is 0.439 e. The number of hydrogen-bond acceptors (Lipinski definition) is 3. The molecule has 0 atom stereocenters. The van der Waals surface area contributed by atoms with Gasteiger partial charge in [-0.1, -0.05) is 19.9 Å². The summed E-state index contributed by atoms with van der Waals surface area (Å²) in [5, 5.41) is 0. The van der Waals surface area contributed by atoms with Crippen molar-refractivity contribution in [3.8, 4) is 11.5 Å². The lowest BCUT2D eigenvalue weighted by molar-refractivity contribution is 0.438. The molecule has 2 heterocycles. The second kappa shape index (κ2) is 4.92. The Bertz CT molecular complexity index is 432. The topological polar surface area (TPSA) is 38.9 Å². The van der Waals surface area contributed by atoms with E-state index >= 15 is 0 Å². The molecule has 0 fully saturated rings. The highest BCUT2D eigenvalue weighted by atomic mass is 16.4. The van der Waals surface area contributed by atoms with E-state index in [4.69, 9.17) is 4.42 Å². The Hall–Kier alpha value is -1.64. The third-order valence-corrected chi connectivity index (χ3v) is 2.78. The number of aromatic nitrogens is 2. The molecule has 0 unspecified atom stereocenters. The molecule has 0 amide bonds. The van der Waals surface area contributed by atoms with E-state index in [-0.39, 0.29) is 0 Å². The monoisotopic (exact) mass is 216 g/mol. The Labute approximate surface area is 95.5 Å². The molecule has 0 N–H and O–H groups in total. The highest BCUT2D eigenvalue weighted by molar-refractivity contribution is 5.49.